The van der Waals surface area contributed by atoms with Gasteiger partial charge in [0.05, 0.1) is 26.8 Å². The van der Waals surface area contributed by atoms with Gasteiger partial charge in [0, 0.05) is 54.0 Å². The standard InChI is InChI=1S/C37H37ClF3N7O2S/c1-16-26(43-16)31(49)37-10-18-13-47(12-17-8-36(37,9-17)30(18)37)32-21-7-22(38)24(20-3-4-23(40)29-28(20)44-33(42)51-29)25(41)27(21)45-34(46-32)50-15-35-5-2-6-48(35)14-19(39)11-35/h3-4,7,16-19,26,30,43H,2,5-6,8-15H2,1H3,(H2,42,44)/t16-,17?,18?,19+,26-,30?,35-,36?,37?/m0/s1. The fourth-order valence-corrected chi connectivity index (χ4v) is 12.9. The Kier molecular flexibility index (Phi) is 6.28. The first kappa shape index (κ1) is 31.3. The molecule has 3 aliphatic carbocycles. The number of nitrogens with one attached hydrogen (secondary N) is 1. The highest BCUT2D eigenvalue weighted by Gasteiger charge is 2.90. The number of aromatic nitrogens is 3. The molecule has 2 aromatic carbocycles. The van der Waals surface area contributed by atoms with Gasteiger partial charge < -0.3 is 20.7 Å². The molecule has 2 bridgehead atoms. The minimum Gasteiger partial charge on any atom is -0.461 e. The maximum absolute atomic E-state index is 17.1. The summed E-state index contributed by atoms with van der Waals surface area (Å²) in [4.78, 5) is 32.1. The van der Waals surface area contributed by atoms with Gasteiger partial charge >= 0.3 is 6.01 Å². The summed E-state index contributed by atoms with van der Waals surface area (Å²) in [7, 11) is 0. The highest BCUT2D eigenvalue weighted by atomic mass is 35.5. The highest BCUT2D eigenvalue weighted by molar-refractivity contribution is 7.22. The summed E-state index contributed by atoms with van der Waals surface area (Å²) in [6.07, 6.45) is 4.14. The number of carbonyl (C=O) groups excluding carboxylic acids is 1. The summed E-state index contributed by atoms with van der Waals surface area (Å²) in [5, 5.41) is 4.07. The molecule has 51 heavy (non-hydrogen) atoms. The number of ketones is 1. The number of nitrogens with two attached hydrogens (primary N) is 1. The largest absolute Gasteiger partial charge is 0.461 e. The number of hydrogen-bond acceptors (Lipinski definition) is 10. The fourth-order valence-electron chi connectivity index (χ4n) is 11.8. The Morgan fingerprint density at radius 3 is 2.76 bits per heavy atom. The normalized spacial score (nSPS) is 37.4. The molecule has 0 amide bonds. The third kappa shape index (κ3) is 4.06. The van der Waals surface area contributed by atoms with E-state index < -0.39 is 23.3 Å². The number of Topliss-reactive ketones (excluding diaryl/α,β-unsaturated/α-hetero) is 1. The Morgan fingerprint density at radius 1 is 1.14 bits per heavy atom. The van der Waals surface area contributed by atoms with E-state index in [1.54, 1.807) is 6.07 Å². The number of nitrogens with zero attached hydrogens (tertiary/aromatic N) is 5. The van der Waals surface area contributed by atoms with Crippen LogP contribution in [0.5, 0.6) is 6.01 Å². The van der Waals surface area contributed by atoms with Gasteiger partial charge in [0.15, 0.2) is 16.7 Å². The Hall–Kier alpha value is -3.26. The second-order valence-corrected chi connectivity index (χ2v) is 17.9. The van der Waals surface area contributed by atoms with Crippen molar-refractivity contribution in [2.24, 2.45) is 28.6 Å². The molecule has 12 rings (SSSR count). The van der Waals surface area contributed by atoms with Crippen molar-refractivity contribution in [3.8, 4) is 17.1 Å². The summed E-state index contributed by atoms with van der Waals surface area (Å²) in [6, 6.07) is 4.69. The smallest absolute Gasteiger partial charge is 0.319 e. The van der Waals surface area contributed by atoms with Gasteiger partial charge in [0.2, 0.25) is 0 Å². The molecule has 7 heterocycles. The number of rotatable bonds is 7. The van der Waals surface area contributed by atoms with Gasteiger partial charge in [-0.3, -0.25) is 9.69 Å². The van der Waals surface area contributed by atoms with Crippen molar-refractivity contribution in [1.29, 1.82) is 0 Å². The second-order valence-electron chi connectivity index (χ2n) is 16.5. The van der Waals surface area contributed by atoms with Crippen molar-refractivity contribution in [3.63, 3.8) is 0 Å². The predicted octanol–water partition coefficient (Wildman–Crippen LogP) is 6.16. The molecule has 4 aromatic rings. The summed E-state index contributed by atoms with van der Waals surface area (Å²) in [6.45, 7) is 4.89. The quantitative estimate of drug-likeness (QED) is 0.215. The SMILES string of the molecule is C[C@@H]1N[C@@H]1C(=O)C12CC3CN(c4nc(OC[C@@]56CCCN5C[C@H](F)C6)nc5c(F)c(-c6ccc(F)c7sc(N)nc67)c(Cl)cc45)CC4CC1(C4)C32. The lowest BCUT2D eigenvalue weighted by Crippen LogP contribution is -2.45. The lowest BCUT2D eigenvalue weighted by atomic mass is 9.66. The third-order valence-electron chi connectivity index (χ3n) is 13.9. The van der Waals surface area contributed by atoms with Gasteiger partial charge in [-0.05, 0) is 86.9 Å². The summed E-state index contributed by atoms with van der Waals surface area (Å²) in [5.41, 5.74) is 6.09. The molecule has 8 aliphatic rings. The molecule has 3 saturated carbocycles. The molecule has 266 valence electrons. The molecule has 14 heteroatoms. The van der Waals surface area contributed by atoms with E-state index in [-0.39, 0.29) is 67.0 Å². The van der Waals surface area contributed by atoms with E-state index in [9.17, 15) is 13.6 Å². The number of carbonyl (C=O) groups is 1. The van der Waals surface area contributed by atoms with E-state index in [1.807, 2.05) is 0 Å². The average Bonchev–Trinajstić information content (AvgIpc) is 3.56. The summed E-state index contributed by atoms with van der Waals surface area (Å²) < 4.78 is 53.1. The minimum atomic E-state index is -0.921. The number of halogens is 4. The Morgan fingerprint density at radius 2 is 1.96 bits per heavy atom. The van der Waals surface area contributed by atoms with Crippen LogP contribution in [0.2, 0.25) is 5.02 Å². The summed E-state index contributed by atoms with van der Waals surface area (Å²) in [5.74, 6) is 0.846. The van der Waals surface area contributed by atoms with Gasteiger partial charge in [0.1, 0.15) is 29.9 Å². The molecule has 9 nitrogen and oxygen atoms in total. The molecule has 2 aromatic heterocycles. The van der Waals surface area contributed by atoms with Crippen molar-refractivity contribution in [2.45, 2.75) is 69.2 Å². The van der Waals surface area contributed by atoms with Crippen LogP contribution in [-0.4, -0.2) is 82.2 Å². The Bertz CT molecular complexity index is 2220. The van der Waals surface area contributed by atoms with E-state index >= 15 is 4.39 Å². The zero-order valence-corrected chi connectivity index (χ0v) is 29.6. The maximum atomic E-state index is 17.1. The van der Waals surface area contributed by atoms with Crippen LogP contribution >= 0.6 is 22.9 Å². The summed E-state index contributed by atoms with van der Waals surface area (Å²) >= 11 is 7.94. The first-order valence-corrected chi connectivity index (χ1v) is 19.3. The van der Waals surface area contributed by atoms with Crippen LogP contribution in [0.25, 0.3) is 32.2 Å². The number of nitrogen functional groups attached to an aromatic ring is 1. The van der Waals surface area contributed by atoms with Gasteiger partial charge in [-0.2, -0.15) is 9.97 Å². The average molecular weight is 736 g/mol. The Labute approximate surface area is 301 Å². The van der Waals surface area contributed by atoms with Gasteiger partial charge in [0.25, 0.3) is 0 Å². The lowest BCUT2D eigenvalue weighted by Gasteiger charge is -2.43. The van der Waals surface area contributed by atoms with E-state index in [4.69, 9.17) is 27.1 Å². The van der Waals surface area contributed by atoms with Crippen LogP contribution in [-0.2, 0) is 4.79 Å². The van der Waals surface area contributed by atoms with E-state index in [0.29, 0.717) is 59.8 Å². The second kappa shape index (κ2) is 10.2. The van der Waals surface area contributed by atoms with Crippen LogP contribution < -0.4 is 20.7 Å². The van der Waals surface area contributed by atoms with Crippen LogP contribution in [0.3, 0.4) is 0 Å². The van der Waals surface area contributed by atoms with Gasteiger partial charge in [-0.25, -0.2) is 18.2 Å². The van der Waals surface area contributed by atoms with Crippen molar-refractivity contribution in [3.05, 3.63) is 34.9 Å². The molecular weight excluding hydrogens is 699 g/mol. The van der Waals surface area contributed by atoms with Crippen LogP contribution in [0.15, 0.2) is 18.2 Å². The van der Waals surface area contributed by atoms with E-state index in [1.165, 1.54) is 12.1 Å². The zero-order valence-electron chi connectivity index (χ0n) is 28.0. The van der Waals surface area contributed by atoms with Crippen molar-refractivity contribution >= 4 is 60.8 Å². The van der Waals surface area contributed by atoms with Crippen LogP contribution in [0.4, 0.5) is 24.1 Å². The first-order chi connectivity index (χ1) is 24.5. The van der Waals surface area contributed by atoms with Crippen LogP contribution in [0.1, 0.15) is 45.4 Å². The monoisotopic (exact) mass is 735 g/mol. The molecule has 3 unspecified atom stereocenters. The van der Waals surface area contributed by atoms with Gasteiger partial charge in [-0.15, -0.1) is 0 Å². The lowest BCUT2D eigenvalue weighted by molar-refractivity contribution is -0.129. The Balaban J connectivity index is 1.01. The molecular formula is C37H37ClF3N7O2S. The number of anilines is 2. The molecule has 5 aliphatic heterocycles. The number of thiazole rings is 1. The van der Waals surface area contributed by atoms with E-state index in [0.717, 1.165) is 56.5 Å². The number of alkyl halides is 1. The van der Waals surface area contributed by atoms with Crippen molar-refractivity contribution in [1.82, 2.24) is 25.2 Å². The van der Waals surface area contributed by atoms with Crippen molar-refractivity contribution < 1.29 is 22.7 Å². The first-order valence-electron chi connectivity index (χ1n) is 18.1. The van der Waals surface area contributed by atoms with Crippen LogP contribution in [0, 0.1) is 40.2 Å². The number of benzene rings is 2. The molecule has 3 N–H and O–H groups in total. The molecule has 7 atom stereocenters. The molecule has 1 spiro atoms. The number of ether oxygens (including phenoxy) is 1. The minimum absolute atomic E-state index is 0.0144. The molecule has 0 radical (unpaired) electrons. The number of fused-ring (bicyclic) bond motifs is 5. The maximum Gasteiger partial charge on any atom is 0.319 e. The highest BCUT2D eigenvalue weighted by Crippen LogP contribution is 2.90. The molecule has 5 saturated heterocycles. The number of hydrogen-bond donors (Lipinski definition) is 2. The fraction of sp³-hybridized carbons (Fsp3) is 0.568. The van der Waals surface area contributed by atoms with Crippen molar-refractivity contribution in [2.75, 3.05) is 43.4 Å². The predicted molar refractivity (Wildman–Crippen MR) is 189 cm³/mol. The third-order valence-corrected chi connectivity index (χ3v) is 15.1. The topological polar surface area (TPSA) is 119 Å². The zero-order chi connectivity index (χ0) is 34.8. The van der Waals surface area contributed by atoms with E-state index in [2.05, 4.69) is 32.0 Å². The van der Waals surface area contributed by atoms with Gasteiger partial charge in [-0.1, -0.05) is 22.9 Å². The molecule has 8 fully saturated rings.